The predicted molar refractivity (Wildman–Crippen MR) is 151 cm³/mol. The SMILES string of the molecule is C=C(C)C=O.CNc1ccc(-c2c(-c3ccc(C(=O)N[C@H]4CCOC4)cc3)c3c(N)ncnc3n2C)cc1. The van der Waals surface area contributed by atoms with E-state index < -0.39 is 0 Å². The fraction of sp³-hybridized carbons (Fsp3) is 0.241. The van der Waals surface area contributed by atoms with Gasteiger partial charge in [-0.25, -0.2) is 9.97 Å². The molecule has 9 nitrogen and oxygen atoms in total. The average Bonchev–Trinajstić information content (AvgIpc) is 3.55. The zero-order valence-corrected chi connectivity index (χ0v) is 21.8. The van der Waals surface area contributed by atoms with E-state index in [2.05, 4.69) is 39.3 Å². The van der Waals surface area contributed by atoms with Crippen LogP contribution in [0.25, 0.3) is 33.4 Å². The Morgan fingerprint density at radius 2 is 1.79 bits per heavy atom. The molecule has 0 saturated carbocycles. The van der Waals surface area contributed by atoms with Crippen molar-refractivity contribution in [3.63, 3.8) is 0 Å². The third-order valence-corrected chi connectivity index (χ3v) is 6.35. The third-order valence-electron chi connectivity index (χ3n) is 6.35. The van der Waals surface area contributed by atoms with E-state index in [1.54, 1.807) is 6.92 Å². The largest absolute Gasteiger partial charge is 0.388 e. The van der Waals surface area contributed by atoms with E-state index in [0.29, 0.717) is 30.2 Å². The van der Waals surface area contributed by atoms with Crippen molar-refractivity contribution < 1.29 is 14.3 Å². The molecule has 1 aliphatic heterocycles. The van der Waals surface area contributed by atoms with Gasteiger partial charge in [0.15, 0.2) is 0 Å². The molecule has 9 heteroatoms. The second-order valence-corrected chi connectivity index (χ2v) is 9.14. The van der Waals surface area contributed by atoms with Crippen LogP contribution in [0.5, 0.6) is 0 Å². The van der Waals surface area contributed by atoms with Crippen LogP contribution < -0.4 is 16.4 Å². The molecule has 196 valence electrons. The van der Waals surface area contributed by atoms with Crippen LogP contribution in [0.4, 0.5) is 11.5 Å². The number of aldehydes is 1. The van der Waals surface area contributed by atoms with Crippen molar-refractivity contribution >= 4 is 34.7 Å². The summed E-state index contributed by atoms with van der Waals surface area (Å²) in [7, 11) is 3.87. The summed E-state index contributed by atoms with van der Waals surface area (Å²) >= 11 is 0. The molecule has 2 aromatic carbocycles. The number of nitrogens with two attached hydrogens (primary N) is 1. The van der Waals surface area contributed by atoms with Gasteiger partial charge in [-0.05, 0) is 54.3 Å². The van der Waals surface area contributed by atoms with Crippen LogP contribution in [0.3, 0.4) is 0 Å². The Morgan fingerprint density at radius 3 is 2.37 bits per heavy atom. The number of benzene rings is 2. The van der Waals surface area contributed by atoms with Crippen molar-refractivity contribution in [2.45, 2.75) is 19.4 Å². The third kappa shape index (κ3) is 5.57. The molecule has 5 rings (SSSR count). The van der Waals surface area contributed by atoms with Gasteiger partial charge >= 0.3 is 0 Å². The lowest BCUT2D eigenvalue weighted by molar-refractivity contribution is -0.104. The van der Waals surface area contributed by atoms with Crippen LogP contribution in [-0.4, -0.2) is 53.0 Å². The first-order valence-electron chi connectivity index (χ1n) is 12.3. The molecule has 0 bridgehead atoms. The van der Waals surface area contributed by atoms with E-state index in [4.69, 9.17) is 10.5 Å². The summed E-state index contributed by atoms with van der Waals surface area (Å²) in [6, 6.07) is 15.9. The normalized spacial score (nSPS) is 14.4. The molecule has 4 N–H and O–H groups in total. The lowest BCUT2D eigenvalue weighted by atomic mass is 9.97. The zero-order chi connectivity index (χ0) is 27.2. The number of rotatable bonds is 6. The van der Waals surface area contributed by atoms with E-state index in [9.17, 15) is 9.59 Å². The molecule has 38 heavy (non-hydrogen) atoms. The van der Waals surface area contributed by atoms with Crippen molar-refractivity contribution in [2.24, 2.45) is 7.05 Å². The van der Waals surface area contributed by atoms with E-state index in [0.717, 1.165) is 51.8 Å². The highest BCUT2D eigenvalue weighted by molar-refractivity contribution is 6.08. The van der Waals surface area contributed by atoms with Gasteiger partial charge in [-0.2, -0.15) is 0 Å². The lowest BCUT2D eigenvalue weighted by Gasteiger charge is -2.12. The smallest absolute Gasteiger partial charge is 0.251 e. The van der Waals surface area contributed by atoms with Crippen LogP contribution in [0.1, 0.15) is 23.7 Å². The van der Waals surface area contributed by atoms with Gasteiger partial charge in [-0.15, -0.1) is 0 Å². The van der Waals surface area contributed by atoms with Crippen molar-refractivity contribution in [1.82, 2.24) is 19.9 Å². The summed E-state index contributed by atoms with van der Waals surface area (Å²) in [5, 5.41) is 6.98. The van der Waals surface area contributed by atoms with Gasteiger partial charge < -0.3 is 25.7 Å². The minimum absolute atomic E-state index is 0.0689. The van der Waals surface area contributed by atoms with Crippen LogP contribution in [0.15, 0.2) is 67.0 Å². The minimum Gasteiger partial charge on any atom is -0.388 e. The molecule has 0 aliphatic carbocycles. The second-order valence-electron chi connectivity index (χ2n) is 9.14. The molecule has 3 heterocycles. The first kappa shape index (κ1) is 26.6. The van der Waals surface area contributed by atoms with Crippen LogP contribution in [-0.2, 0) is 16.6 Å². The van der Waals surface area contributed by atoms with Gasteiger partial charge in [0, 0.05) is 37.5 Å². The fourth-order valence-corrected chi connectivity index (χ4v) is 4.39. The summed E-state index contributed by atoms with van der Waals surface area (Å²) < 4.78 is 7.39. The minimum atomic E-state index is -0.0966. The van der Waals surface area contributed by atoms with E-state index >= 15 is 0 Å². The number of carbonyl (C=O) groups excluding carboxylic acids is 2. The number of nitrogens with zero attached hydrogens (tertiary/aromatic N) is 3. The molecule has 1 saturated heterocycles. The number of fused-ring (bicyclic) bond motifs is 1. The number of aryl methyl sites for hydroxylation is 1. The first-order valence-corrected chi connectivity index (χ1v) is 12.3. The van der Waals surface area contributed by atoms with E-state index in [1.165, 1.54) is 6.33 Å². The summed E-state index contributed by atoms with van der Waals surface area (Å²) in [6.07, 6.45) is 3.05. The molecular formula is C29H32N6O3. The number of hydrogen-bond acceptors (Lipinski definition) is 7. The Kier molecular flexibility index (Phi) is 8.18. The number of aromatic nitrogens is 3. The maximum atomic E-state index is 12.7. The monoisotopic (exact) mass is 512 g/mol. The highest BCUT2D eigenvalue weighted by atomic mass is 16.5. The van der Waals surface area contributed by atoms with Gasteiger partial charge in [0.25, 0.3) is 5.91 Å². The van der Waals surface area contributed by atoms with Gasteiger partial charge in [-0.3, -0.25) is 9.59 Å². The Morgan fingerprint density at radius 1 is 1.13 bits per heavy atom. The van der Waals surface area contributed by atoms with E-state index in [1.807, 2.05) is 55.1 Å². The van der Waals surface area contributed by atoms with Crippen molar-refractivity contribution in [3.8, 4) is 22.4 Å². The molecule has 4 aromatic rings. The molecule has 1 aliphatic rings. The number of nitrogen functional groups attached to an aromatic ring is 1. The number of amides is 1. The lowest BCUT2D eigenvalue weighted by Crippen LogP contribution is -2.34. The summed E-state index contributed by atoms with van der Waals surface area (Å²) in [5.74, 6) is 0.326. The number of anilines is 2. The maximum Gasteiger partial charge on any atom is 0.251 e. The van der Waals surface area contributed by atoms with Gasteiger partial charge in [0.2, 0.25) is 0 Å². The van der Waals surface area contributed by atoms with Gasteiger partial charge in [-0.1, -0.05) is 30.8 Å². The van der Waals surface area contributed by atoms with Crippen LogP contribution >= 0.6 is 0 Å². The molecule has 0 unspecified atom stereocenters. The Balaban J connectivity index is 0.000000617. The quantitative estimate of drug-likeness (QED) is 0.261. The summed E-state index contributed by atoms with van der Waals surface area (Å²) in [6.45, 7) is 6.22. The molecule has 0 radical (unpaired) electrons. The van der Waals surface area contributed by atoms with Crippen molar-refractivity contribution in [1.29, 1.82) is 0 Å². The molecular weight excluding hydrogens is 480 g/mol. The number of allylic oxidation sites excluding steroid dienone is 1. The number of nitrogens with one attached hydrogen (secondary N) is 2. The molecule has 1 fully saturated rings. The van der Waals surface area contributed by atoms with Crippen molar-refractivity contribution in [2.75, 3.05) is 31.3 Å². The van der Waals surface area contributed by atoms with Gasteiger partial charge in [0.1, 0.15) is 24.1 Å². The van der Waals surface area contributed by atoms with Crippen molar-refractivity contribution in [3.05, 3.63) is 72.6 Å². The number of ether oxygens (including phenoxy) is 1. The predicted octanol–water partition coefficient (Wildman–Crippen LogP) is 4.21. The first-order chi connectivity index (χ1) is 18.3. The fourth-order valence-electron chi connectivity index (χ4n) is 4.39. The topological polar surface area (TPSA) is 124 Å². The van der Waals surface area contributed by atoms with E-state index in [-0.39, 0.29) is 11.9 Å². The van der Waals surface area contributed by atoms with Gasteiger partial charge in [0.05, 0.1) is 23.7 Å². The Hall–Kier alpha value is -4.50. The van der Waals surface area contributed by atoms with Crippen LogP contribution in [0, 0.1) is 0 Å². The summed E-state index contributed by atoms with van der Waals surface area (Å²) in [5.41, 5.74) is 13.2. The standard InChI is InChI=1S/C25H26N6O2.C4H6O/c1-27-18-9-7-16(8-10-18)22-20(21-23(26)28-14-29-24(21)31(22)2)15-3-5-17(6-4-15)25(32)30-19-11-12-33-13-19;1-4(2)3-5/h3-10,14,19,27H,11-13H2,1-2H3,(H,30,32)(H2,26,28,29);3H,1H2,2H3/t19-;/m0./s1. The molecule has 0 spiro atoms. The Bertz CT molecular complexity index is 1450. The summed E-state index contributed by atoms with van der Waals surface area (Å²) in [4.78, 5) is 30.8. The maximum absolute atomic E-state index is 12.7. The molecule has 1 amide bonds. The Labute approximate surface area is 221 Å². The molecule has 2 aromatic heterocycles. The highest BCUT2D eigenvalue weighted by Gasteiger charge is 2.23. The van der Waals surface area contributed by atoms with Crippen LogP contribution in [0.2, 0.25) is 0 Å². The highest BCUT2D eigenvalue weighted by Crippen LogP contribution is 2.41. The number of carbonyl (C=O) groups is 2. The molecule has 1 atom stereocenters. The number of hydrogen-bond donors (Lipinski definition) is 3. The average molecular weight is 513 g/mol. The zero-order valence-electron chi connectivity index (χ0n) is 21.8. The second kappa shape index (κ2) is 11.7.